The molecule has 0 aliphatic carbocycles. The minimum atomic E-state index is 0.453. The second-order valence-corrected chi connectivity index (χ2v) is 3.80. The molecule has 102 valence electrons. The predicted molar refractivity (Wildman–Crippen MR) is 69.9 cm³/mol. The first-order chi connectivity index (χ1) is 8.74. The van der Waals surface area contributed by atoms with Crippen LogP contribution < -0.4 is 14.4 Å². The Morgan fingerprint density at radius 1 is 1.11 bits per heavy atom. The number of halogens is 1. The Balaban J connectivity index is 2.93. The summed E-state index contributed by atoms with van der Waals surface area (Å²) >= 11 is 5.77. The first kappa shape index (κ1) is 14.8. The Hall–Kier alpha value is -1.27. The largest absolute Gasteiger partial charge is 0.481 e. The van der Waals surface area contributed by atoms with Crippen molar-refractivity contribution in [2.45, 2.75) is 0 Å². The second-order valence-electron chi connectivity index (χ2n) is 3.42. The summed E-state index contributed by atoms with van der Waals surface area (Å²) in [4.78, 5) is 10.5. The van der Waals surface area contributed by atoms with Crippen molar-refractivity contribution in [1.82, 2.24) is 9.97 Å². The molecule has 0 radical (unpaired) electrons. The number of alkyl halides is 1. The molecule has 0 amide bonds. The third kappa shape index (κ3) is 4.19. The van der Waals surface area contributed by atoms with Crippen LogP contribution in [-0.2, 0) is 4.74 Å². The first-order valence-electron chi connectivity index (χ1n) is 5.52. The van der Waals surface area contributed by atoms with Gasteiger partial charge in [0, 0.05) is 26.1 Å². The fourth-order valence-corrected chi connectivity index (χ4v) is 1.56. The average Bonchev–Trinajstić information content (AvgIpc) is 2.42. The minimum absolute atomic E-state index is 0.453. The van der Waals surface area contributed by atoms with Gasteiger partial charge in [-0.15, -0.1) is 11.6 Å². The Kier molecular flexibility index (Phi) is 6.53. The van der Waals surface area contributed by atoms with Crippen molar-refractivity contribution in [3.63, 3.8) is 0 Å². The highest BCUT2D eigenvalue weighted by molar-refractivity contribution is 6.18. The van der Waals surface area contributed by atoms with Gasteiger partial charge in [0.15, 0.2) is 0 Å². The average molecular weight is 276 g/mol. The SMILES string of the molecule is COCCN(CCCl)c1nc(OC)cc(OC)n1. The van der Waals surface area contributed by atoms with Crippen molar-refractivity contribution >= 4 is 17.5 Å². The third-order valence-corrected chi connectivity index (χ3v) is 2.46. The maximum atomic E-state index is 5.77. The van der Waals surface area contributed by atoms with Crippen molar-refractivity contribution in [3.05, 3.63) is 6.07 Å². The van der Waals surface area contributed by atoms with Gasteiger partial charge >= 0.3 is 0 Å². The molecular weight excluding hydrogens is 258 g/mol. The lowest BCUT2D eigenvalue weighted by molar-refractivity contribution is 0.205. The zero-order chi connectivity index (χ0) is 13.4. The van der Waals surface area contributed by atoms with Gasteiger partial charge < -0.3 is 19.1 Å². The topological polar surface area (TPSA) is 56.7 Å². The molecule has 0 aromatic carbocycles. The van der Waals surface area contributed by atoms with Gasteiger partial charge in [-0.1, -0.05) is 0 Å². The molecule has 0 unspecified atom stereocenters. The normalized spacial score (nSPS) is 10.2. The van der Waals surface area contributed by atoms with Crippen LogP contribution in [-0.4, -0.2) is 56.9 Å². The molecule has 0 saturated heterocycles. The maximum Gasteiger partial charge on any atom is 0.232 e. The van der Waals surface area contributed by atoms with Crippen molar-refractivity contribution < 1.29 is 14.2 Å². The van der Waals surface area contributed by atoms with Crippen LogP contribution in [0, 0.1) is 0 Å². The van der Waals surface area contributed by atoms with Crippen LogP contribution >= 0.6 is 11.6 Å². The Labute approximate surface area is 112 Å². The lowest BCUT2D eigenvalue weighted by Gasteiger charge is -2.21. The quantitative estimate of drug-likeness (QED) is 0.664. The molecule has 0 bridgehead atoms. The lowest BCUT2D eigenvalue weighted by Crippen LogP contribution is -2.31. The molecule has 0 atom stereocenters. The van der Waals surface area contributed by atoms with Gasteiger partial charge in [0.05, 0.1) is 26.9 Å². The first-order valence-corrected chi connectivity index (χ1v) is 6.05. The number of methoxy groups -OCH3 is 3. The molecule has 0 N–H and O–H groups in total. The summed E-state index contributed by atoms with van der Waals surface area (Å²) in [6.07, 6.45) is 0. The van der Waals surface area contributed by atoms with Crippen LogP contribution in [0.3, 0.4) is 0 Å². The van der Waals surface area contributed by atoms with Crippen molar-refractivity contribution in [3.8, 4) is 11.8 Å². The van der Waals surface area contributed by atoms with Crippen LogP contribution in [0.4, 0.5) is 5.95 Å². The molecule has 1 heterocycles. The van der Waals surface area contributed by atoms with Gasteiger partial charge in [0.1, 0.15) is 0 Å². The van der Waals surface area contributed by atoms with Crippen LogP contribution in [0.2, 0.25) is 0 Å². The highest BCUT2D eigenvalue weighted by atomic mass is 35.5. The number of aromatic nitrogens is 2. The summed E-state index contributed by atoms with van der Waals surface area (Å²) in [7, 11) is 4.74. The van der Waals surface area contributed by atoms with E-state index in [2.05, 4.69) is 9.97 Å². The van der Waals surface area contributed by atoms with Gasteiger partial charge in [-0.3, -0.25) is 0 Å². The van der Waals surface area contributed by atoms with Crippen molar-refractivity contribution in [2.75, 3.05) is 51.8 Å². The number of hydrogen-bond donors (Lipinski definition) is 0. The van der Waals surface area contributed by atoms with Crippen LogP contribution in [0.5, 0.6) is 11.8 Å². The van der Waals surface area contributed by atoms with E-state index in [0.29, 0.717) is 43.3 Å². The van der Waals surface area contributed by atoms with Crippen LogP contribution in [0.25, 0.3) is 0 Å². The van der Waals surface area contributed by atoms with E-state index in [0.717, 1.165) is 0 Å². The van der Waals surface area contributed by atoms with Gasteiger partial charge in [0.25, 0.3) is 0 Å². The van der Waals surface area contributed by atoms with E-state index < -0.39 is 0 Å². The smallest absolute Gasteiger partial charge is 0.232 e. The summed E-state index contributed by atoms with van der Waals surface area (Å²) in [6.45, 7) is 1.85. The van der Waals surface area contributed by atoms with Gasteiger partial charge in [-0.2, -0.15) is 9.97 Å². The van der Waals surface area contributed by atoms with E-state index in [1.54, 1.807) is 27.4 Å². The predicted octanol–water partition coefficient (Wildman–Crippen LogP) is 1.19. The summed E-state index contributed by atoms with van der Waals surface area (Å²) in [6, 6.07) is 1.62. The number of ether oxygens (including phenoxy) is 3. The molecule has 6 nitrogen and oxygen atoms in total. The van der Waals surface area contributed by atoms with E-state index in [9.17, 15) is 0 Å². The Bertz CT molecular complexity index is 343. The van der Waals surface area contributed by atoms with E-state index in [1.165, 1.54) is 0 Å². The molecule has 0 aliphatic rings. The molecule has 1 rings (SSSR count). The van der Waals surface area contributed by atoms with E-state index in [4.69, 9.17) is 25.8 Å². The summed E-state index contributed by atoms with van der Waals surface area (Å²) in [5.41, 5.74) is 0. The van der Waals surface area contributed by atoms with Gasteiger partial charge in [-0.25, -0.2) is 0 Å². The van der Waals surface area contributed by atoms with Gasteiger partial charge in [-0.05, 0) is 0 Å². The number of nitrogens with zero attached hydrogens (tertiary/aromatic N) is 3. The number of rotatable bonds is 8. The zero-order valence-electron chi connectivity index (χ0n) is 10.9. The molecule has 0 saturated carbocycles. The van der Waals surface area contributed by atoms with Crippen molar-refractivity contribution in [2.24, 2.45) is 0 Å². The monoisotopic (exact) mass is 275 g/mol. The van der Waals surface area contributed by atoms with E-state index in [-0.39, 0.29) is 0 Å². The molecule has 18 heavy (non-hydrogen) atoms. The van der Waals surface area contributed by atoms with Crippen molar-refractivity contribution in [1.29, 1.82) is 0 Å². The molecule has 1 aromatic heterocycles. The molecular formula is C11H18ClN3O3. The fraction of sp³-hybridized carbons (Fsp3) is 0.636. The highest BCUT2D eigenvalue weighted by Crippen LogP contribution is 2.19. The molecule has 0 fully saturated rings. The summed E-state index contributed by atoms with van der Waals surface area (Å²) in [5, 5.41) is 0. The minimum Gasteiger partial charge on any atom is -0.481 e. The standard InChI is InChI=1S/C11H18ClN3O3/c1-16-7-6-15(5-4-12)11-13-9(17-2)8-10(14-11)18-3/h8H,4-7H2,1-3H3. The maximum absolute atomic E-state index is 5.77. The highest BCUT2D eigenvalue weighted by Gasteiger charge is 2.12. The van der Waals surface area contributed by atoms with E-state index in [1.807, 2.05) is 4.90 Å². The Morgan fingerprint density at radius 3 is 2.17 bits per heavy atom. The molecule has 1 aromatic rings. The molecule has 0 aliphatic heterocycles. The Morgan fingerprint density at radius 2 is 1.72 bits per heavy atom. The van der Waals surface area contributed by atoms with Crippen LogP contribution in [0.1, 0.15) is 0 Å². The molecule has 7 heteroatoms. The summed E-state index contributed by atoms with van der Waals surface area (Å²) < 4.78 is 15.3. The van der Waals surface area contributed by atoms with Crippen LogP contribution in [0.15, 0.2) is 6.07 Å². The third-order valence-electron chi connectivity index (χ3n) is 2.29. The number of hydrogen-bond acceptors (Lipinski definition) is 6. The molecule has 0 spiro atoms. The lowest BCUT2D eigenvalue weighted by atomic mass is 10.5. The second kappa shape index (κ2) is 7.94. The summed E-state index contributed by atoms with van der Waals surface area (Å²) in [5.74, 6) is 1.90. The van der Waals surface area contributed by atoms with E-state index >= 15 is 0 Å². The zero-order valence-corrected chi connectivity index (χ0v) is 11.6. The number of anilines is 1. The fourth-order valence-electron chi connectivity index (χ4n) is 1.36. The van der Waals surface area contributed by atoms with Gasteiger partial charge in [0.2, 0.25) is 17.7 Å².